The Bertz CT molecular complexity index is 599. The van der Waals surface area contributed by atoms with E-state index in [-0.39, 0.29) is 23.6 Å². The third-order valence-corrected chi connectivity index (χ3v) is 2.45. The fourth-order valence-electron chi connectivity index (χ4n) is 1.57. The molecule has 0 saturated heterocycles. The Morgan fingerprint density at radius 2 is 2.00 bits per heavy atom. The number of ketones is 1. The number of halogens is 2. The monoisotopic (exact) mass is 248 g/mol. The molecule has 2 rings (SSSR count). The Balaban J connectivity index is 2.22. The highest BCUT2D eigenvalue weighted by Crippen LogP contribution is 2.14. The number of Topliss-reactive ketones (excluding diaryl/α,β-unsaturated/α-hetero) is 1. The molecule has 5 heteroatoms. The van der Waals surface area contributed by atoms with Gasteiger partial charge in [0.1, 0.15) is 5.69 Å². The molecule has 2 N–H and O–H groups in total. The fourth-order valence-corrected chi connectivity index (χ4v) is 1.57. The first kappa shape index (κ1) is 12.2. The summed E-state index contributed by atoms with van der Waals surface area (Å²) in [5, 5.41) is 0. The van der Waals surface area contributed by atoms with Crippen molar-refractivity contribution in [2.24, 2.45) is 0 Å². The summed E-state index contributed by atoms with van der Waals surface area (Å²) in [6, 6.07) is 6.51. The van der Waals surface area contributed by atoms with Crippen molar-refractivity contribution < 1.29 is 13.6 Å². The molecule has 0 unspecified atom stereocenters. The van der Waals surface area contributed by atoms with Crippen LogP contribution in [0.4, 0.5) is 14.5 Å². The molecule has 0 aliphatic carbocycles. The van der Waals surface area contributed by atoms with Gasteiger partial charge in [0.25, 0.3) is 0 Å². The standard InChI is InChI=1S/C13H10F2N2O/c14-9-4-3-8(6-10(9)15)7-12(18)13-11(16)2-1-5-17-13/h1-6H,7,16H2. The predicted octanol–water partition coefficient (Wildman–Crippen LogP) is 2.37. The third kappa shape index (κ3) is 2.51. The van der Waals surface area contributed by atoms with Crippen LogP contribution in [-0.4, -0.2) is 10.8 Å². The second-order valence-corrected chi connectivity index (χ2v) is 3.79. The van der Waals surface area contributed by atoms with Crippen molar-refractivity contribution in [1.29, 1.82) is 0 Å². The van der Waals surface area contributed by atoms with Crippen LogP contribution in [0.15, 0.2) is 36.5 Å². The number of pyridine rings is 1. The van der Waals surface area contributed by atoms with Crippen LogP contribution in [0.2, 0.25) is 0 Å². The minimum Gasteiger partial charge on any atom is -0.397 e. The van der Waals surface area contributed by atoms with E-state index in [1.807, 2.05) is 0 Å². The molecule has 18 heavy (non-hydrogen) atoms. The maximum atomic E-state index is 13.0. The first-order chi connectivity index (χ1) is 8.58. The molecular formula is C13H10F2N2O. The molecule has 0 spiro atoms. The zero-order chi connectivity index (χ0) is 13.1. The Morgan fingerprint density at radius 1 is 1.22 bits per heavy atom. The van der Waals surface area contributed by atoms with Crippen LogP contribution in [0.3, 0.4) is 0 Å². The van der Waals surface area contributed by atoms with Crippen LogP contribution in [0.5, 0.6) is 0 Å². The zero-order valence-electron chi connectivity index (χ0n) is 9.36. The summed E-state index contributed by atoms with van der Waals surface area (Å²) in [6.07, 6.45) is 1.38. The number of nitrogens with zero attached hydrogens (tertiary/aromatic N) is 1. The molecule has 92 valence electrons. The summed E-state index contributed by atoms with van der Waals surface area (Å²) in [7, 11) is 0. The van der Waals surface area contributed by atoms with Crippen molar-refractivity contribution in [2.45, 2.75) is 6.42 Å². The smallest absolute Gasteiger partial charge is 0.187 e. The molecule has 0 saturated carbocycles. The number of carbonyl (C=O) groups excluding carboxylic acids is 1. The van der Waals surface area contributed by atoms with Crippen molar-refractivity contribution in [3.63, 3.8) is 0 Å². The maximum absolute atomic E-state index is 13.0. The number of nitrogen functional groups attached to an aromatic ring is 1. The molecule has 0 atom stereocenters. The highest BCUT2D eigenvalue weighted by Gasteiger charge is 2.12. The van der Waals surface area contributed by atoms with Gasteiger partial charge in [0.15, 0.2) is 17.4 Å². The van der Waals surface area contributed by atoms with Gasteiger partial charge >= 0.3 is 0 Å². The van der Waals surface area contributed by atoms with Crippen LogP contribution in [0.25, 0.3) is 0 Å². The van der Waals surface area contributed by atoms with Gasteiger partial charge in [-0.3, -0.25) is 9.78 Å². The highest BCUT2D eigenvalue weighted by atomic mass is 19.2. The Hall–Kier alpha value is -2.30. The van der Waals surface area contributed by atoms with E-state index in [2.05, 4.69) is 4.98 Å². The molecule has 1 aromatic carbocycles. The minimum absolute atomic E-state index is 0.0710. The van der Waals surface area contributed by atoms with Gasteiger partial charge in [-0.15, -0.1) is 0 Å². The summed E-state index contributed by atoms with van der Waals surface area (Å²) < 4.78 is 25.7. The van der Waals surface area contributed by atoms with Crippen LogP contribution in [-0.2, 0) is 6.42 Å². The van der Waals surface area contributed by atoms with Crippen LogP contribution in [0.1, 0.15) is 16.1 Å². The van der Waals surface area contributed by atoms with Gasteiger partial charge in [-0.25, -0.2) is 8.78 Å². The van der Waals surface area contributed by atoms with Gasteiger partial charge < -0.3 is 5.73 Å². The van der Waals surface area contributed by atoms with Crippen molar-refractivity contribution in [2.75, 3.05) is 5.73 Å². The van der Waals surface area contributed by atoms with Crippen LogP contribution < -0.4 is 5.73 Å². The number of benzene rings is 1. The SMILES string of the molecule is Nc1cccnc1C(=O)Cc1ccc(F)c(F)c1. The largest absolute Gasteiger partial charge is 0.397 e. The van der Waals surface area contributed by atoms with Gasteiger partial charge in [-0.05, 0) is 29.8 Å². The number of anilines is 1. The quantitative estimate of drug-likeness (QED) is 0.848. The molecule has 2 aromatic rings. The van der Waals surface area contributed by atoms with E-state index in [0.29, 0.717) is 5.56 Å². The van der Waals surface area contributed by atoms with E-state index in [0.717, 1.165) is 12.1 Å². The molecule has 0 aliphatic rings. The molecule has 0 radical (unpaired) electrons. The lowest BCUT2D eigenvalue weighted by Gasteiger charge is -2.04. The highest BCUT2D eigenvalue weighted by molar-refractivity contribution is 5.99. The average Bonchev–Trinajstić information content (AvgIpc) is 2.34. The molecule has 1 heterocycles. The molecule has 0 bridgehead atoms. The van der Waals surface area contributed by atoms with Crippen LogP contribution in [0, 0.1) is 11.6 Å². The van der Waals surface area contributed by atoms with E-state index in [4.69, 9.17) is 5.73 Å². The lowest BCUT2D eigenvalue weighted by atomic mass is 10.1. The normalized spacial score (nSPS) is 10.3. The summed E-state index contributed by atoms with van der Waals surface area (Å²) in [5.74, 6) is -2.25. The molecule has 1 aromatic heterocycles. The Morgan fingerprint density at radius 3 is 2.67 bits per heavy atom. The lowest BCUT2D eigenvalue weighted by molar-refractivity contribution is 0.0989. The van der Waals surface area contributed by atoms with Gasteiger partial charge in [-0.2, -0.15) is 0 Å². The second kappa shape index (κ2) is 4.91. The number of aromatic nitrogens is 1. The molecule has 0 fully saturated rings. The van der Waals surface area contributed by atoms with Gasteiger partial charge in [0, 0.05) is 12.6 Å². The van der Waals surface area contributed by atoms with E-state index in [9.17, 15) is 13.6 Å². The topological polar surface area (TPSA) is 56.0 Å². The molecule has 0 amide bonds. The van der Waals surface area contributed by atoms with E-state index in [1.165, 1.54) is 12.3 Å². The van der Waals surface area contributed by atoms with E-state index < -0.39 is 11.6 Å². The zero-order valence-corrected chi connectivity index (χ0v) is 9.36. The summed E-state index contributed by atoms with van der Waals surface area (Å²) in [4.78, 5) is 15.7. The van der Waals surface area contributed by atoms with Gasteiger partial charge in [-0.1, -0.05) is 6.07 Å². The van der Waals surface area contributed by atoms with Crippen molar-refractivity contribution in [3.05, 3.63) is 59.4 Å². The summed E-state index contributed by atoms with van der Waals surface area (Å²) >= 11 is 0. The van der Waals surface area contributed by atoms with Crippen LogP contribution >= 0.6 is 0 Å². The third-order valence-electron chi connectivity index (χ3n) is 2.45. The van der Waals surface area contributed by atoms with E-state index in [1.54, 1.807) is 12.1 Å². The predicted molar refractivity (Wildman–Crippen MR) is 63.0 cm³/mol. The van der Waals surface area contributed by atoms with Gasteiger partial charge in [0.2, 0.25) is 0 Å². The number of rotatable bonds is 3. The summed E-state index contributed by atoms with van der Waals surface area (Å²) in [6.45, 7) is 0. The fraction of sp³-hybridized carbons (Fsp3) is 0.0769. The molecular weight excluding hydrogens is 238 g/mol. The van der Waals surface area contributed by atoms with Crippen molar-refractivity contribution in [1.82, 2.24) is 4.98 Å². The Kier molecular flexibility index (Phi) is 3.32. The van der Waals surface area contributed by atoms with E-state index >= 15 is 0 Å². The number of carbonyl (C=O) groups is 1. The van der Waals surface area contributed by atoms with Gasteiger partial charge in [0.05, 0.1) is 5.69 Å². The lowest BCUT2D eigenvalue weighted by Crippen LogP contribution is -2.09. The Labute approximate surface area is 102 Å². The molecule has 3 nitrogen and oxygen atoms in total. The second-order valence-electron chi connectivity index (χ2n) is 3.79. The number of nitrogens with two attached hydrogens (primary N) is 1. The minimum atomic E-state index is -0.978. The summed E-state index contributed by atoms with van der Waals surface area (Å²) in [5.41, 5.74) is 6.40. The van der Waals surface area contributed by atoms with Crippen molar-refractivity contribution in [3.8, 4) is 0 Å². The van der Waals surface area contributed by atoms with Crippen molar-refractivity contribution >= 4 is 11.5 Å². The number of hydrogen-bond acceptors (Lipinski definition) is 3. The number of hydrogen-bond donors (Lipinski definition) is 1. The molecule has 0 aliphatic heterocycles. The first-order valence-corrected chi connectivity index (χ1v) is 5.25. The first-order valence-electron chi connectivity index (χ1n) is 5.25. The maximum Gasteiger partial charge on any atom is 0.187 e. The average molecular weight is 248 g/mol.